The van der Waals surface area contributed by atoms with Gasteiger partial charge in [0.15, 0.2) is 5.82 Å². The molecule has 0 atom stereocenters. The van der Waals surface area contributed by atoms with Crippen LogP contribution < -0.4 is 10.6 Å². The Kier molecular flexibility index (Phi) is 4.10. The van der Waals surface area contributed by atoms with E-state index in [1.807, 2.05) is 37.4 Å². The van der Waals surface area contributed by atoms with Crippen molar-refractivity contribution in [3.8, 4) is 17.9 Å². The largest absolute Gasteiger partial charge is 0.349 e. The lowest BCUT2D eigenvalue weighted by Crippen LogP contribution is -2.25. The summed E-state index contributed by atoms with van der Waals surface area (Å²) in [5.41, 5.74) is 2.81. The van der Waals surface area contributed by atoms with Crippen LogP contribution >= 0.6 is 0 Å². The molecule has 1 aliphatic rings. The fourth-order valence-corrected chi connectivity index (χ4v) is 2.83. The van der Waals surface area contributed by atoms with Crippen LogP contribution in [-0.2, 0) is 7.05 Å². The molecule has 1 saturated carbocycles. The maximum Gasteiger partial charge on any atom is 0.349 e. The van der Waals surface area contributed by atoms with Crippen molar-refractivity contribution >= 4 is 22.5 Å². The Morgan fingerprint density at radius 2 is 2.04 bits per heavy atom. The highest BCUT2D eigenvalue weighted by Crippen LogP contribution is 2.29. The SMILES string of the molecule is CN(c1cccc(C#CC2CC2)c1)c1nc(=O)n(C)c2ccc(C#N)nc12. The van der Waals surface area contributed by atoms with Crippen molar-refractivity contribution in [3.63, 3.8) is 0 Å². The first-order valence-electron chi connectivity index (χ1n) is 8.70. The number of hydrogen-bond acceptors (Lipinski definition) is 5. The van der Waals surface area contributed by atoms with E-state index in [1.54, 1.807) is 24.1 Å². The smallest absolute Gasteiger partial charge is 0.327 e. The Morgan fingerprint density at radius 1 is 1.22 bits per heavy atom. The summed E-state index contributed by atoms with van der Waals surface area (Å²) >= 11 is 0. The first-order chi connectivity index (χ1) is 13.1. The number of pyridine rings is 1. The highest BCUT2D eigenvalue weighted by Gasteiger charge is 2.18. The number of aryl methyl sites for hydroxylation is 1. The second kappa shape index (κ2) is 6.59. The molecular weight excluding hydrogens is 338 g/mol. The van der Waals surface area contributed by atoms with Crippen molar-refractivity contribution in [2.45, 2.75) is 12.8 Å². The molecule has 2 aromatic heterocycles. The van der Waals surface area contributed by atoms with E-state index >= 15 is 0 Å². The normalized spacial score (nSPS) is 12.9. The van der Waals surface area contributed by atoms with Crippen LogP contribution in [0.25, 0.3) is 11.0 Å². The van der Waals surface area contributed by atoms with Gasteiger partial charge in [0.25, 0.3) is 0 Å². The summed E-state index contributed by atoms with van der Waals surface area (Å²) in [6.45, 7) is 0. The van der Waals surface area contributed by atoms with Crippen LogP contribution in [0.15, 0.2) is 41.2 Å². The third-order valence-electron chi connectivity index (χ3n) is 4.60. The van der Waals surface area contributed by atoms with Crippen LogP contribution in [0, 0.1) is 29.1 Å². The number of fused-ring (bicyclic) bond motifs is 1. The molecule has 0 amide bonds. The number of benzene rings is 1. The minimum Gasteiger partial charge on any atom is -0.327 e. The van der Waals surface area contributed by atoms with Gasteiger partial charge in [0.1, 0.15) is 17.3 Å². The van der Waals surface area contributed by atoms with E-state index in [0.717, 1.165) is 11.3 Å². The van der Waals surface area contributed by atoms with Crippen LogP contribution in [0.1, 0.15) is 24.1 Å². The van der Waals surface area contributed by atoms with Crippen molar-refractivity contribution in [3.05, 3.63) is 58.1 Å². The van der Waals surface area contributed by atoms with E-state index in [-0.39, 0.29) is 11.4 Å². The lowest BCUT2D eigenvalue weighted by molar-refractivity contribution is 0.844. The van der Waals surface area contributed by atoms with Crippen molar-refractivity contribution in [1.82, 2.24) is 14.5 Å². The maximum atomic E-state index is 12.3. The summed E-state index contributed by atoms with van der Waals surface area (Å²) in [5, 5.41) is 9.18. The molecule has 3 aromatic rings. The van der Waals surface area contributed by atoms with E-state index in [1.165, 1.54) is 17.4 Å². The maximum absolute atomic E-state index is 12.3. The van der Waals surface area contributed by atoms with Gasteiger partial charge >= 0.3 is 5.69 Å². The fraction of sp³-hybridized carbons (Fsp3) is 0.238. The van der Waals surface area contributed by atoms with Crippen LogP contribution in [0.4, 0.5) is 11.5 Å². The number of rotatable bonds is 2. The Balaban J connectivity index is 1.83. The molecule has 4 rings (SSSR count). The lowest BCUT2D eigenvalue weighted by atomic mass is 10.2. The number of nitrogens with zero attached hydrogens (tertiary/aromatic N) is 5. The van der Waals surface area contributed by atoms with Crippen LogP contribution in [0.5, 0.6) is 0 Å². The third kappa shape index (κ3) is 3.26. The first-order valence-corrected chi connectivity index (χ1v) is 8.70. The van der Waals surface area contributed by atoms with Crippen molar-refractivity contribution < 1.29 is 0 Å². The van der Waals surface area contributed by atoms with E-state index in [0.29, 0.717) is 22.8 Å². The average Bonchev–Trinajstić information content (AvgIpc) is 3.53. The molecule has 1 aromatic carbocycles. The van der Waals surface area contributed by atoms with Gasteiger partial charge in [0.2, 0.25) is 0 Å². The Labute approximate surface area is 156 Å². The zero-order valence-corrected chi connectivity index (χ0v) is 15.1. The zero-order chi connectivity index (χ0) is 19.0. The topological polar surface area (TPSA) is 74.8 Å². The van der Waals surface area contributed by atoms with Gasteiger partial charge in [0, 0.05) is 31.3 Å². The summed E-state index contributed by atoms with van der Waals surface area (Å²) in [7, 11) is 3.47. The molecule has 1 aliphatic carbocycles. The van der Waals surface area contributed by atoms with Crippen LogP contribution in [-0.4, -0.2) is 21.6 Å². The Morgan fingerprint density at radius 3 is 2.78 bits per heavy atom. The lowest BCUT2D eigenvalue weighted by Gasteiger charge is -2.20. The van der Waals surface area contributed by atoms with Gasteiger partial charge in [-0.3, -0.25) is 4.57 Å². The molecule has 0 aliphatic heterocycles. The average molecular weight is 355 g/mol. The summed E-state index contributed by atoms with van der Waals surface area (Å²) < 4.78 is 1.43. The summed E-state index contributed by atoms with van der Waals surface area (Å²) in [5.74, 6) is 7.41. The molecule has 27 heavy (non-hydrogen) atoms. The molecule has 0 N–H and O–H groups in total. The molecule has 1 fully saturated rings. The standard InChI is InChI=1S/C21H17N5O/c1-25(17-5-3-4-15(12-17)9-8-14-6-7-14)20-19-18(26(2)21(27)24-20)11-10-16(13-22)23-19/h3-5,10-12,14H,6-7H2,1-2H3. The van der Waals surface area contributed by atoms with E-state index in [4.69, 9.17) is 0 Å². The predicted octanol–water partition coefficient (Wildman–Crippen LogP) is 2.73. The Bertz CT molecular complexity index is 1210. The molecule has 0 bridgehead atoms. The van der Waals surface area contributed by atoms with Gasteiger partial charge in [-0.15, -0.1) is 0 Å². The third-order valence-corrected chi connectivity index (χ3v) is 4.60. The molecule has 0 saturated heterocycles. The monoisotopic (exact) mass is 355 g/mol. The minimum absolute atomic E-state index is 0.279. The molecule has 2 heterocycles. The summed E-state index contributed by atoms with van der Waals surface area (Å²) in [6.07, 6.45) is 2.37. The quantitative estimate of drug-likeness (QED) is 0.661. The summed E-state index contributed by atoms with van der Waals surface area (Å²) in [4.78, 5) is 22.7. The van der Waals surface area contributed by atoms with Crippen molar-refractivity contribution in [2.24, 2.45) is 13.0 Å². The van der Waals surface area contributed by atoms with Crippen molar-refractivity contribution in [1.29, 1.82) is 5.26 Å². The molecule has 6 nitrogen and oxygen atoms in total. The number of aromatic nitrogens is 3. The number of hydrogen-bond donors (Lipinski definition) is 0. The van der Waals surface area contributed by atoms with Gasteiger partial charge in [-0.1, -0.05) is 17.9 Å². The second-order valence-electron chi connectivity index (χ2n) is 6.61. The van der Waals surface area contributed by atoms with Gasteiger partial charge in [-0.05, 0) is 43.2 Å². The van der Waals surface area contributed by atoms with Crippen LogP contribution in [0.2, 0.25) is 0 Å². The Hall–Kier alpha value is -3.64. The van der Waals surface area contributed by atoms with Gasteiger partial charge in [-0.25, -0.2) is 9.78 Å². The molecule has 132 valence electrons. The number of nitriles is 1. The highest BCUT2D eigenvalue weighted by atomic mass is 16.1. The van der Waals surface area contributed by atoms with E-state index in [9.17, 15) is 10.1 Å². The fourth-order valence-electron chi connectivity index (χ4n) is 2.83. The highest BCUT2D eigenvalue weighted by molar-refractivity contribution is 5.88. The zero-order valence-electron chi connectivity index (χ0n) is 15.1. The molecule has 0 radical (unpaired) electrons. The molecule has 0 unspecified atom stereocenters. The van der Waals surface area contributed by atoms with Gasteiger partial charge in [0.05, 0.1) is 5.52 Å². The number of anilines is 2. The predicted molar refractivity (Wildman–Crippen MR) is 104 cm³/mol. The molecule has 0 spiro atoms. The first kappa shape index (κ1) is 16.8. The van der Waals surface area contributed by atoms with E-state index in [2.05, 4.69) is 21.8 Å². The summed E-state index contributed by atoms with van der Waals surface area (Å²) in [6, 6.07) is 13.2. The van der Waals surface area contributed by atoms with Crippen molar-refractivity contribution in [2.75, 3.05) is 11.9 Å². The molecular formula is C21H17N5O. The van der Waals surface area contributed by atoms with Crippen LogP contribution in [0.3, 0.4) is 0 Å². The minimum atomic E-state index is -0.375. The van der Waals surface area contributed by atoms with Gasteiger partial charge in [-0.2, -0.15) is 10.2 Å². The van der Waals surface area contributed by atoms with E-state index < -0.39 is 0 Å². The molecule has 6 heteroatoms. The second-order valence-corrected chi connectivity index (χ2v) is 6.61. The van der Waals surface area contributed by atoms with Gasteiger partial charge < -0.3 is 4.90 Å².